The van der Waals surface area contributed by atoms with Crippen LogP contribution in [-0.2, 0) is 0 Å². The van der Waals surface area contributed by atoms with Crippen molar-refractivity contribution in [3.8, 4) is 0 Å². The second-order valence-electron chi connectivity index (χ2n) is 0.523. The summed E-state index contributed by atoms with van der Waals surface area (Å²) in [7, 11) is 1.64. The number of carbonyl (C=O) groups excluding carboxylic acids is 1. The van der Waals surface area contributed by atoms with E-state index >= 15 is 0 Å². The molecule has 0 aromatic rings. The third kappa shape index (κ3) is 3.88. The maximum atomic E-state index is 9.55. The Hall–Kier alpha value is -0.115. The van der Waals surface area contributed by atoms with Gasteiger partial charge >= 0.3 is 0 Å². The fourth-order valence-corrected chi connectivity index (χ4v) is 0. The highest BCUT2D eigenvalue weighted by atomic mass is 32.2. The topological polar surface area (TPSA) is 43.1 Å². The summed E-state index contributed by atoms with van der Waals surface area (Å²) in [4.78, 5) is 9.55. The van der Waals surface area contributed by atoms with Gasteiger partial charge in [0.05, 0.1) is 0 Å². The standard InChI is InChI=1S/CH4BNOS/c2-5-1(3)4/h2H2,(H2,3,4). The van der Waals surface area contributed by atoms with Gasteiger partial charge in [-0.25, -0.2) is 0 Å². The molecule has 0 rings (SSSR count). The SMILES string of the molecule is BSC(N)=O. The van der Waals surface area contributed by atoms with Crippen LogP contribution in [0, 0.1) is 0 Å². The van der Waals surface area contributed by atoms with E-state index in [0.717, 1.165) is 11.6 Å². The first-order valence-corrected chi connectivity index (χ1v) is 2.33. The summed E-state index contributed by atoms with van der Waals surface area (Å²) in [6, 6.07) is 0. The predicted octanol–water partition coefficient (Wildman–Crippen LogP) is -0.654. The average Bonchev–Trinajstić information content (AvgIpc) is 1.38. The quantitative estimate of drug-likeness (QED) is 0.400. The predicted molar refractivity (Wildman–Crippen MR) is 25.7 cm³/mol. The molecule has 0 aromatic heterocycles. The van der Waals surface area contributed by atoms with E-state index in [2.05, 4.69) is 5.73 Å². The molecule has 0 aliphatic rings. The Morgan fingerprint density at radius 1 is 2.00 bits per heavy atom. The molecule has 2 N–H and O–H groups in total. The van der Waals surface area contributed by atoms with Gasteiger partial charge in [0.1, 0.15) is 0 Å². The number of carbonyl (C=O) groups is 1. The van der Waals surface area contributed by atoms with E-state index in [9.17, 15) is 4.79 Å². The fourth-order valence-electron chi connectivity index (χ4n) is 0. The Kier molecular flexibility index (Phi) is 2.09. The summed E-state index contributed by atoms with van der Waals surface area (Å²) in [6.45, 7) is 0. The first-order valence-electron chi connectivity index (χ1n) is 1.11. The van der Waals surface area contributed by atoms with Gasteiger partial charge in [0, 0.05) is 0 Å². The van der Waals surface area contributed by atoms with Crippen LogP contribution in [0.2, 0.25) is 0 Å². The molecule has 0 spiro atoms. The molecule has 0 heterocycles. The molecule has 0 saturated heterocycles. The summed E-state index contributed by atoms with van der Waals surface area (Å²) in [6.07, 6.45) is 0. The molecular weight excluding hydrogens is 84.9 g/mol. The number of rotatable bonds is 0. The highest BCUT2D eigenvalue weighted by Gasteiger charge is 1.77. The lowest BCUT2D eigenvalue weighted by Gasteiger charge is -1.73. The van der Waals surface area contributed by atoms with Gasteiger partial charge in [0.25, 0.3) is 5.24 Å². The van der Waals surface area contributed by atoms with Crippen molar-refractivity contribution in [2.24, 2.45) is 5.73 Å². The second kappa shape index (κ2) is 2.14. The van der Waals surface area contributed by atoms with Gasteiger partial charge in [-0.2, -0.15) is 0 Å². The van der Waals surface area contributed by atoms with Crippen LogP contribution in [0.1, 0.15) is 0 Å². The Balaban J connectivity index is 2.85. The van der Waals surface area contributed by atoms with Crippen molar-refractivity contribution in [3.05, 3.63) is 0 Å². The van der Waals surface area contributed by atoms with E-state index < -0.39 is 0 Å². The molecule has 5 heavy (non-hydrogen) atoms. The van der Waals surface area contributed by atoms with Gasteiger partial charge in [-0.15, -0.1) is 11.6 Å². The largest absolute Gasteiger partial charge is 0.361 e. The van der Waals surface area contributed by atoms with E-state index in [1.807, 2.05) is 0 Å². The molecule has 0 bridgehead atoms. The lowest BCUT2D eigenvalue weighted by atomic mass is 10.8. The van der Waals surface area contributed by atoms with Crippen LogP contribution >= 0.6 is 11.6 Å². The Morgan fingerprint density at radius 3 is 2.20 bits per heavy atom. The van der Waals surface area contributed by atoms with Gasteiger partial charge < -0.3 is 5.73 Å². The highest BCUT2D eigenvalue weighted by Crippen LogP contribution is 1.83. The van der Waals surface area contributed by atoms with E-state index in [0.29, 0.717) is 0 Å². The van der Waals surface area contributed by atoms with Crippen molar-refractivity contribution in [2.45, 2.75) is 0 Å². The maximum absolute atomic E-state index is 9.55. The zero-order chi connectivity index (χ0) is 4.28. The van der Waals surface area contributed by atoms with E-state index in [-0.39, 0.29) is 5.24 Å². The van der Waals surface area contributed by atoms with E-state index in [4.69, 9.17) is 0 Å². The third-order valence-electron chi connectivity index (χ3n) is 0.201. The van der Waals surface area contributed by atoms with Gasteiger partial charge in [0.2, 0.25) is 0 Å². The fraction of sp³-hybridized carbons (Fsp3) is 0. The molecule has 0 atom stereocenters. The minimum Gasteiger partial charge on any atom is -0.361 e. The third-order valence-corrected chi connectivity index (χ3v) is 0.604. The Labute approximate surface area is 35.4 Å². The Bertz CT molecular complexity index is 46.9. The zero-order valence-electron chi connectivity index (χ0n) is 2.89. The Morgan fingerprint density at radius 2 is 2.20 bits per heavy atom. The van der Waals surface area contributed by atoms with Crippen molar-refractivity contribution in [1.82, 2.24) is 0 Å². The van der Waals surface area contributed by atoms with Crippen LogP contribution in [0.3, 0.4) is 0 Å². The molecular formula is CH4BNOS. The van der Waals surface area contributed by atoms with Crippen LogP contribution in [0.5, 0.6) is 0 Å². The summed E-state index contributed by atoms with van der Waals surface area (Å²) in [5, 5.41) is -0.329. The molecule has 2 nitrogen and oxygen atoms in total. The number of hydrogen-bond donors (Lipinski definition) is 1. The molecule has 0 unspecified atom stereocenters. The smallest absolute Gasteiger partial charge is 0.265 e. The van der Waals surface area contributed by atoms with Crippen molar-refractivity contribution in [2.75, 3.05) is 0 Å². The molecule has 4 heteroatoms. The zero-order valence-corrected chi connectivity index (χ0v) is 3.71. The van der Waals surface area contributed by atoms with Crippen molar-refractivity contribution in [1.29, 1.82) is 0 Å². The minimum absolute atomic E-state index is 0.329. The van der Waals surface area contributed by atoms with Gasteiger partial charge in [-0.3, -0.25) is 4.79 Å². The molecule has 0 aromatic carbocycles. The highest BCUT2D eigenvalue weighted by molar-refractivity contribution is 8.31. The lowest BCUT2D eigenvalue weighted by molar-refractivity contribution is 0.267. The summed E-state index contributed by atoms with van der Waals surface area (Å²) in [5.41, 5.74) is 4.62. The molecule has 1 amide bonds. The first-order chi connectivity index (χ1) is 2.27. The second-order valence-corrected chi connectivity index (χ2v) is 1.33. The molecule has 0 aliphatic carbocycles. The molecule has 0 saturated carbocycles. The number of nitrogens with two attached hydrogens (primary N) is 1. The molecule has 0 radical (unpaired) electrons. The minimum atomic E-state index is -0.329. The van der Waals surface area contributed by atoms with Crippen LogP contribution in [0.15, 0.2) is 0 Å². The van der Waals surface area contributed by atoms with Gasteiger partial charge in [-0.05, 0) is 0 Å². The van der Waals surface area contributed by atoms with Crippen LogP contribution in [0.4, 0.5) is 4.79 Å². The first kappa shape index (κ1) is 4.88. The van der Waals surface area contributed by atoms with Gasteiger partial charge in [0.15, 0.2) is 7.12 Å². The van der Waals surface area contributed by atoms with Crippen LogP contribution in [-0.4, -0.2) is 12.4 Å². The monoisotopic (exact) mass is 89.0 g/mol. The number of amides is 1. The van der Waals surface area contributed by atoms with Gasteiger partial charge in [-0.1, -0.05) is 0 Å². The summed E-state index contributed by atoms with van der Waals surface area (Å²) in [5.74, 6) is 0. The average molecular weight is 88.9 g/mol. The maximum Gasteiger partial charge on any atom is 0.265 e. The molecule has 0 aliphatic heterocycles. The van der Waals surface area contributed by atoms with Crippen molar-refractivity contribution < 1.29 is 4.79 Å². The van der Waals surface area contributed by atoms with Crippen LogP contribution < -0.4 is 5.73 Å². The summed E-state index contributed by atoms with van der Waals surface area (Å²) < 4.78 is 0. The number of hydrogen-bond acceptors (Lipinski definition) is 2. The molecule has 0 fully saturated rings. The lowest BCUT2D eigenvalue weighted by Crippen LogP contribution is -2.00. The summed E-state index contributed by atoms with van der Waals surface area (Å²) >= 11 is 1.02. The number of primary amides is 1. The molecule has 28 valence electrons. The van der Waals surface area contributed by atoms with Crippen LogP contribution in [0.25, 0.3) is 0 Å². The van der Waals surface area contributed by atoms with E-state index in [1.54, 1.807) is 7.12 Å². The normalized spacial score (nSPS) is 7.20. The van der Waals surface area contributed by atoms with E-state index in [1.165, 1.54) is 0 Å². The van der Waals surface area contributed by atoms with Crippen molar-refractivity contribution in [3.63, 3.8) is 0 Å². The van der Waals surface area contributed by atoms with Crippen molar-refractivity contribution >= 4 is 24.0 Å².